The first kappa shape index (κ1) is 14.2. The number of hydrogen-bond acceptors (Lipinski definition) is 4. The molecule has 2 unspecified atom stereocenters. The molecule has 0 aliphatic carbocycles. The van der Waals surface area contributed by atoms with Crippen molar-refractivity contribution in [2.24, 2.45) is 0 Å². The van der Waals surface area contributed by atoms with E-state index in [-0.39, 0.29) is 5.97 Å². The van der Waals surface area contributed by atoms with Crippen LogP contribution < -0.4 is 5.32 Å². The molecule has 1 fully saturated rings. The van der Waals surface area contributed by atoms with E-state index in [1.165, 1.54) is 0 Å². The van der Waals surface area contributed by atoms with E-state index in [2.05, 4.69) is 30.8 Å². The molecule has 17 heavy (non-hydrogen) atoms. The number of ether oxygens (including phenoxy) is 1. The van der Waals surface area contributed by atoms with Crippen molar-refractivity contribution in [1.82, 2.24) is 10.2 Å². The first-order valence-corrected chi connectivity index (χ1v) is 6.33. The van der Waals surface area contributed by atoms with E-state index in [1.807, 2.05) is 0 Å². The van der Waals surface area contributed by atoms with Crippen LogP contribution in [0, 0.1) is 0 Å². The van der Waals surface area contributed by atoms with Crippen LogP contribution in [0.15, 0.2) is 12.2 Å². The second kappa shape index (κ2) is 6.77. The quantitative estimate of drug-likeness (QED) is 0.579. The molecule has 4 nitrogen and oxygen atoms in total. The maximum atomic E-state index is 11.4. The van der Waals surface area contributed by atoms with Crippen molar-refractivity contribution in [2.45, 2.75) is 38.8 Å². The standard InChI is InChI=1S/C13H24N2O2/c1-5-17-13(16)10(2)9-14-12-6-7-15(4)11(3)8-12/h11-12,14H,2,5-9H2,1,3-4H3. The number of hydrogen-bond donors (Lipinski definition) is 1. The van der Waals surface area contributed by atoms with Crippen molar-refractivity contribution >= 4 is 5.97 Å². The van der Waals surface area contributed by atoms with Crippen LogP contribution in [0.4, 0.5) is 0 Å². The van der Waals surface area contributed by atoms with Gasteiger partial charge in [0.25, 0.3) is 0 Å². The van der Waals surface area contributed by atoms with Crippen molar-refractivity contribution in [3.63, 3.8) is 0 Å². The molecule has 2 atom stereocenters. The van der Waals surface area contributed by atoms with Crippen molar-refractivity contribution in [3.05, 3.63) is 12.2 Å². The highest BCUT2D eigenvalue weighted by atomic mass is 16.5. The summed E-state index contributed by atoms with van der Waals surface area (Å²) < 4.78 is 4.90. The molecule has 0 amide bonds. The van der Waals surface area contributed by atoms with Crippen LogP contribution in [0.3, 0.4) is 0 Å². The Bertz CT molecular complexity index is 279. The topological polar surface area (TPSA) is 41.6 Å². The fourth-order valence-corrected chi connectivity index (χ4v) is 2.05. The Balaban J connectivity index is 2.27. The summed E-state index contributed by atoms with van der Waals surface area (Å²) in [7, 11) is 2.15. The molecular weight excluding hydrogens is 216 g/mol. The molecule has 1 N–H and O–H groups in total. The Hall–Kier alpha value is -0.870. The lowest BCUT2D eigenvalue weighted by Gasteiger charge is -2.35. The van der Waals surface area contributed by atoms with Gasteiger partial charge in [-0.05, 0) is 40.3 Å². The Morgan fingerprint density at radius 2 is 2.29 bits per heavy atom. The number of carbonyl (C=O) groups is 1. The number of esters is 1. The zero-order valence-corrected chi connectivity index (χ0v) is 11.2. The monoisotopic (exact) mass is 240 g/mol. The van der Waals surface area contributed by atoms with Gasteiger partial charge in [0.2, 0.25) is 0 Å². The van der Waals surface area contributed by atoms with Gasteiger partial charge >= 0.3 is 5.97 Å². The molecule has 0 aromatic rings. The first-order valence-electron chi connectivity index (χ1n) is 6.33. The average Bonchev–Trinajstić information content (AvgIpc) is 2.30. The van der Waals surface area contributed by atoms with E-state index < -0.39 is 0 Å². The Morgan fingerprint density at radius 1 is 1.59 bits per heavy atom. The maximum Gasteiger partial charge on any atom is 0.334 e. The second-order valence-electron chi connectivity index (χ2n) is 4.76. The molecule has 0 saturated carbocycles. The van der Waals surface area contributed by atoms with Crippen LogP contribution in [0.5, 0.6) is 0 Å². The Morgan fingerprint density at radius 3 is 2.88 bits per heavy atom. The van der Waals surface area contributed by atoms with Crippen molar-refractivity contribution in [3.8, 4) is 0 Å². The summed E-state index contributed by atoms with van der Waals surface area (Å²) >= 11 is 0. The minimum atomic E-state index is -0.291. The number of nitrogens with zero attached hydrogens (tertiary/aromatic N) is 1. The number of carbonyl (C=O) groups excluding carboxylic acids is 1. The molecule has 98 valence electrons. The lowest BCUT2D eigenvalue weighted by atomic mass is 9.99. The molecule has 0 spiro atoms. The minimum Gasteiger partial charge on any atom is -0.463 e. The van der Waals surface area contributed by atoms with Gasteiger partial charge in [-0.25, -0.2) is 4.79 Å². The molecule has 1 rings (SSSR count). The van der Waals surface area contributed by atoms with Gasteiger partial charge in [0.05, 0.1) is 6.61 Å². The van der Waals surface area contributed by atoms with Gasteiger partial charge in [0.1, 0.15) is 0 Å². The molecule has 1 saturated heterocycles. The number of rotatable bonds is 5. The fraction of sp³-hybridized carbons (Fsp3) is 0.769. The van der Waals surface area contributed by atoms with Gasteiger partial charge in [0.15, 0.2) is 0 Å². The molecule has 0 radical (unpaired) electrons. The fourth-order valence-electron chi connectivity index (χ4n) is 2.05. The highest BCUT2D eigenvalue weighted by Gasteiger charge is 2.22. The van der Waals surface area contributed by atoms with E-state index in [1.54, 1.807) is 6.92 Å². The zero-order valence-electron chi connectivity index (χ0n) is 11.2. The second-order valence-corrected chi connectivity index (χ2v) is 4.76. The molecular formula is C13H24N2O2. The summed E-state index contributed by atoms with van der Waals surface area (Å²) in [4.78, 5) is 13.7. The third-order valence-corrected chi connectivity index (χ3v) is 3.38. The smallest absolute Gasteiger partial charge is 0.334 e. The van der Waals surface area contributed by atoms with Crippen LogP contribution in [0.2, 0.25) is 0 Å². The first-order chi connectivity index (χ1) is 8.04. The van der Waals surface area contributed by atoms with Crippen molar-refractivity contribution < 1.29 is 9.53 Å². The van der Waals surface area contributed by atoms with E-state index in [9.17, 15) is 4.79 Å². The predicted molar refractivity (Wildman–Crippen MR) is 68.9 cm³/mol. The van der Waals surface area contributed by atoms with E-state index >= 15 is 0 Å². The van der Waals surface area contributed by atoms with E-state index in [4.69, 9.17) is 4.74 Å². The predicted octanol–water partition coefficient (Wildman–Crippen LogP) is 1.18. The van der Waals surface area contributed by atoms with Gasteiger partial charge in [-0.1, -0.05) is 6.58 Å². The molecule has 0 aromatic heterocycles. The SMILES string of the molecule is C=C(CNC1CCN(C)C(C)C1)C(=O)OCC. The number of nitrogens with one attached hydrogen (secondary N) is 1. The van der Waals surface area contributed by atoms with E-state index in [0.29, 0.717) is 30.8 Å². The summed E-state index contributed by atoms with van der Waals surface area (Å²) in [6, 6.07) is 1.07. The zero-order chi connectivity index (χ0) is 12.8. The molecule has 4 heteroatoms. The Kier molecular flexibility index (Phi) is 5.65. The third-order valence-electron chi connectivity index (χ3n) is 3.38. The largest absolute Gasteiger partial charge is 0.463 e. The van der Waals surface area contributed by atoms with Crippen molar-refractivity contribution in [1.29, 1.82) is 0 Å². The van der Waals surface area contributed by atoms with Gasteiger partial charge in [-0.15, -0.1) is 0 Å². The molecule has 1 aliphatic heterocycles. The average molecular weight is 240 g/mol. The van der Waals surface area contributed by atoms with Gasteiger partial charge in [-0.3, -0.25) is 0 Å². The van der Waals surface area contributed by atoms with E-state index in [0.717, 1.165) is 19.4 Å². The van der Waals surface area contributed by atoms with Crippen LogP contribution in [-0.4, -0.2) is 49.7 Å². The minimum absolute atomic E-state index is 0.291. The summed E-state index contributed by atoms with van der Waals surface area (Å²) in [5.74, 6) is -0.291. The lowest BCUT2D eigenvalue weighted by Crippen LogP contribution is -2.46. The Labute approximate surface area is 104 Å². The van der Waals surface area contributed by atoms with Crippen molar-refractivity contribution in [2.75, 3.05) is 26.7 Å². The maximum absolute atomic E-state index is 11.4. The summed E-state index contributed by atoms with van der Waals surface area (Å²) in [6.07, 6.45) is 2.24. The normalized spacial score (nSPS) is 25.6. The highest BCUT2D eigenvalue weighted by Crippen LogP contribution is 2.15. The summed E-state index contributed by atoms with van der Waals surface area (Å²) in [6.45, 7) is 9.81. The number of likely N-dealkylation sites (tertiary alicyclic amines) is 1. The molecule has 0 bridgehead atoms. The summed E-state index contributed by atoms with van der Waals surface area (Å²) in [5.41, 5.74) is 0.512. The van der Waals surface area contributed by atoms with Crippen LogP contribution in [-0.2, 0) is 9.53 Å². The lowest BCUT2D eigenvalue weighted by molar-refractivity contribution is -0.138. The highest BCUT2D eigenvalue weighted by molar-refractivity contribution is 5.88. The molecule has 0 aromatic carbocycles. The van der Waals surface area contributed by atoms with Crippen LogP contribution >= 0.6 is 0 Å². The molecule has 1 heterocycles. The summed E-state index contributed by atoms with van der Waals surface area (Å²) in [5, 5.41) is 3.38. The van der Waals surface area contributed by atoms with Gasteiger partial charge in [0, 0.05) is 24.2 Å². The number of piperidine rings is 1. The molecule has 1 aliphatic rings. The third kappa shape index (κ3) is 4.48. The van der Waals surface area contributed by atoms with Crippen LogP contribution in [0.1, 0.15) is 26.7 Å². The van der Waals surface area contributed by atoms with Gasteiger partial charge < -0.3 is 15.0 Å². The van der Waals surface area contributed by atoms with Crippen LogP contribution in [0.25, 0.3) is 0 Å². The van der Waals surface area contributed by atoms with Gasteiger partial charge in [-0.2, -0.15) is 0 Å².